The molecule has 0 aliphatic heterocycles. The molecule has 0 saturated heterocycles. The summed E-state index contributed by atoms with van der Waals surface area (Å²) in [6.07, 6.45) is 0.346. The molecule has 0 radical (unpaired) electrons. The molecule has 0 spiro atoms. The molecule has 0 bridgehead atoms. The molecule has 1 amide bonds. The standard InChI is InChI=1S/C20H22N4O3/c1-12-10-15(17-13(2)23-24(3)18(17)21-12)19(25)22-16(20(26)27-4)11-14-8-6-5-7-9-14/h5-10,16H,11H2,1-4H3,(H,22,25)/t16-/m1/s1. The number of esters is 1. The Labute approximate surface area is 157 Å². The minimum absolute atomic E-state index is 0.346. The highest BCUT2D eigenvalue weighted by Crippen LogP contribution is 2.22. The maximum absolute atomic E-state index is 13.0. The maximum atomic E-state index is 13.0. The van der Waals surface area contributed by atoms with E-state index in [0.717, 1.165) is 5.56 Å². The van der Waals surface area contributed by atoms with Crippen molar-refractivity contribution in [1.29, 1.82) is 0 Å². The van der Waals surface area contributed by atoms with Gasteiger partial charge in [-0.3, -0.25) is 9.48 Å². The van der Waals surface area contributed by atoms with E-state index in [2.05, 4.69) is 15.4 Å². The van der Waals surface area contributed by atoms with Crippen LogP contribution in [0, 0.1) is 13.8 Å². The second-order valence-electron chi connectivity index (χ2n) is 6.46. The van der Waals surface area contributed by atoms with E-state index >= 15 is 0 Å². The first-order valence-corrected chi connectivity index (χ1v) is 8.64. The molecular formula is C20H22N4O3. The zero-order chi connectivity index (χ0) is 19.6. The van der Waals surface area contributed by atoms with Crippen LogP contribution in [0.4, 0.5) is 0 Å². The fourth-order valence-corrected chi connectivity index (χ4v) is 3.17. The molecule has 0 fully saturated rings. The Morgan fingerprint density at radius 3 is 2.59 bits per heavy atom. The van der Waals surface area contributed by atoms with Gasteiger partial charge in [0.2, 0.25) is 0 Å². The lowest BCUT2D eigenvalue weighted by atomic mass is 10.0. The molecule has 1 atom stereocenters. The molecular weight excluding hydrogens is 344 g/mol. The van der Waals surface area contributed by atoms with Crippen LogP contribution in [-0.4, -0.2) is 39.8 Å². The molecule has 0 aliphatic carbocycles. The number of carbonyl (C=O) groups excluding carboxylic acids is 2. The monoisotopic (exact) mass is 366 g/mol. The van der Waals surface area contributed by atoms with Crippen LogP contribution in [0.2, 0.25) is 0 Å². The van der Waals surface area contributed by atoms with Crippen LogP contribution in [-0.2, 0) is 23.0 Å². The van der Waals surface area contributed by atoms with E-state index in [1.807, 2.05) is 44.2 Å². The number of aromatic nitrogens is 3. The molecule has 7 heteroatoms. The number of hydrogen-bond acceptors (Lipinski definition) is 5. The Morgan fingerprint density at radius 1 is 1.22 bits per heavy atom. The van der Waals surface area contributed by atoms with Crippen LogP contribution in [0.5, 0.6) is 0 Å². The van der Waals surface area contributed by atoms with Gasteiger partial charge in [-0.25, -0.2) is 9.78 Å². The van der Waals surface area contributed by atoms with E-state index < -0.39 is 12.0 Å². The predicted octanol–water partition coefficient (Wildman–Crippen LogP) is 2.10. The lowest BCUT2D eigenvalue weighted by Crippen LogP contribution is -2.43. The smallest absolute Gasteiger partial charge is 0.328 e. The number of aryl methyl sites for hydroxylation is 3. The van der Waals surface area contributed by atoms with Crippen LogP contribution < -0.4 is 5.32 Å². The number of nitrogens with zero attached hydrogens (tertiary/aromatic N) is 3. The minimum Gasteiger partial charge on any atom is -0.467 e. The van der Waals surface area contributed by atoms with Crippen molar-refractivity contribution in [3.63, 3.8) is 0 Å². The van der Waals surface area contributed by atoms with E-state index in [-0.39, 0.29) is 5.91 Å². The van der Waals surface area contributed by atoms with Crippen molar-refractivity contribution in [2.75, 3.05) is 7.11 Å². The van der Waals surface area contributed by atoms with Crippen molar-refractivity contribution in [3.05, 3.63) is 58.9 Å². The van der Waals surface area contributed by atoms with Crippen LogP contribution in [0.1, 0.15) is 27.3 Å². The third-order valence-corrected chi connectivity index (χ3v) is 4.42. The fourth-order valence-electron chi connectivity index (χ4n) is 3.17. The van der Waals surface area contributed by atoms with E-state index in [1.54, 1.807) is 17.8 Å². The van der Waals surface area contributed by atoms with Crippen molar-refractivity contribution in [2.24, 2.45) is 7.05 Å². The van der Waals surface area contributed by atoms with Gasteiger partial charge in [0.15, 0.2) is 5.65 Å². The highest BCUT2D eigenvalue weighted by molar-refractivity contribution is 6.07. The summed E-state index contributed by atoms with van der Waals surface area (Å²) in [4.78, 5) is 29.7. The lowest BCUT2D eigenvalue weighted by Gasteiger charge is -2.17. The Hall–Kier alpha value is -3.22. The normalized spacial score (nSPS) is 12.0. The Kier molecular flexibility index (Phi) is 5.21. The van der Waals surface area contributed by atoms with Gasteiger partial charge < -0.3 is 10.1 Å². The first-order valence-electron chi connectivity index (χ1n) is 8.64. The van der Waals surface area contributed by atoms with Gasteiger partial charge in [-0.2, -0.15) is 5.10 Å². The zero-order valence-corrected chi connectivity index (χ0v) is 15.8. The van der Waals surface area contributed by atoms with Gasteiger partial charge in [0.1, 0.15) is 6.04 Å². The molecule has 0 aliphatic rings. The van der Waals surface area contributed by atoms with E-state index in [0.29, 0.717) is 34.4 Å². The minimum atomic E-state index is -0.787. The van der Waals surface area contributed by atoms with Crippen LogP contribution in [0.3, 0.4) is 0 Å². The number of methoxy groups -OCH3 is 1. The average Bonchev–Trinajstić information content (AvgIpc) is 2.94. The van der Waals surface area contributed by atoms with Gasteiger partial charge in [0.25, 0.3) is 5.91 Å². The van der Waals surface area contributed by atoms with Gasteiger partial charge in [0, 0.05) is 19.2 Å². The number of carbonyl (C=O) groups is 2. The summed E-state index contributed by atoms with van der Waals surface area (Å²) >= 11 is 0. The number of amides is 1. The van der Waals surface area contributed by atoms with Gasteiger partial charge >= 0.3 is 5.97 Å². The molecule has 0 unspecified atom stereocenters. The molecule has 0 saturated carbocycles. The molecule has 1 aromatic carbocycles. The second-order valence-corrected chi connectivity index (χ2v) is 6.46. The summed E-state index contributed by atoms with van der Waals surface area (Å²) < 4.78 is 6.53. The average molecular weight is 366 g/mol. The van der Waals surface area contributed by atoms with E-state index in [9.17, 15) is 9.59 Å². The van der Waals surface area contributed by atoms with Crippen molar-refractivity contribution in [3.8, 4) is 0 Å². The highest BCUT2D eigenvalue weighted by Gasteiger charge is 2.25. The van der Waals surface area contributed by atoms with Gasteiger partial charge in [-0.1, -0.05) is 30.3 Å². The number of rotatable bonds is 5. The molecule has 27 heavy (non-hydrogen) atoms. The maximum Gasteiger partial charge on any atom is 0.328 e. The Bertz CT molecular complexity index is 995. The molecule has 140 valence electrons. The molecule has 3 aromatic rings. The molecule has 3 rings (SSSR count). The van der Waals surface area contributed by atoms with Gasteiger partial charge in [-0.15, -0.1) is 0 Å². The number of fused-ring (bicyclic) bond motifs is 1. The first-order chi connectivity index (χ1) is 12.9. The molecule has 2 heterocycles. The van der Waals surface area contributed by atoms with Crippen LogP contribution >= 0.6 is 0 Å². The number of pyridine rings is 1. The SMILES string of the molecule is COC(=O)[C@@H](Cc1ccccc1)NC(=O)c1cc(C)nc2c1c(C)nn2C. The number of hydrogen-bond donors (Lipinski definition) is 1. The second kappa shape index (κ2) is 7.57. The highest BCUT2D eigenvalue weighted by atomic mass is 16.5. The first kappa shape index (κ1) is 18.6. The quantitative estimate of drug-likeness (QED) is 0.699. The lowest BCUT2D eigenvalue weighted by molar-refractivity contribution is -0.142. The third kappa shape index (κ3) is 3.81. The predicted molar refractivity (Wildman–Crippen MR) is 101 cm³/mol. The van der Waals surface area contributed by atoms with Gasteiger partial charge in [-0.05, 0) is 25.5 Å². The number of ether oxygens (including phenoxy) is 1. The third-order valence-electron chi connectivity index (χ3n) is 4.42. The molecule has 2 aromatic heterocycles. The summed E-state index contributed by atoms with van der Waals surface area (Å²) in [6, 6.07) is 10.4. The summed E-state index contributed by atoms with van der Waals surface area (Å²) in [7, 11) is 3.10. The fraction of sp³-hybridized carbons (Fsp3) is 0.300. The van der Waals surface area contributed by atoms with Crippen molar-refractivity contribution in [1.82, 2.24) is 20.1 Å². The van der Waals surface area contributed by atoms with Gasteiger partial charge in [0.05, 0.1) is 23.8 Å². The summed E-state index contributed by atoms with van der Waals surface area (Å²) in [6.45, 7) is 3.65. The van der Waals surface area contributed by atoms with Crippen molar-refractivity contribution in [2.45, 2.75) is 26.3 Å². The largest absolute Gasteiger partial charge is 0.467 e. The molecule has 1 N–H and O–H groups in total. The number of benzene rings is 1. The van der Waals surface area contributed by atoms with Crippen molar-refractivity contribution >= 4 is 22.9 Å². The van der Waals surface area contributed by atoms with E-state index in [4.69, 9.17) is 4.74 Å². The summed E-state index contributed by atoms with van der Waals surface area (Å²) in [5, 5.41) is 7.85. The molecule has 7 nitrogen and oxygen atoms in total. The zero-order valence-electron chi connectivity index (χ0n) is 15.8. The van der Waals surface area contributed by atoms with Crippen LogP contribution in [0.25, 0.3) is 11.0 Å². The summed E-state index contributed by atoms with van der Waals surface area (Å²) in [5.41, 5.74) is 3.43. The van der Waals surface area contributed by atoms with Crippen LogP contribution in [0.15, 0.2) is 36.4 Å². The van der Waals surface area contributed by atoms with E-state index in [1.165, 1.54) is 7.11 Å². The Morgan fingerprint density at radius 2 is 1.93 bits per heavy atom. The summed E-state index contributed by atoms with van der Waals surface area (Å²) in [5.74, 6) is -0.843. The Balaban J connectivity index is 1.94. The van der Waals surface area contributed by atoms with Crippen molar-refractivity contribution < 1.29 is 14.3 Å². The number of nitrogens with one attached hydrogen (secondary N) is 1. The topological polar surface area (TPSA) is 86.1 Å².